The fourth-order valence-electron chi connectivity index (χ4n) is 2.49. The number of nitrogens with one attached hydrogen (secondary N) is 2. The van der Waals surface area contributed by atoms with Crippen molar-refractivity contribution in [3.63, 3.8) is 0 Å². The lowest BCUT2D eigenvalue weighted by molar-refractivity contribution is -0.137. The second-order valence-corrected chi connectivity index (χ2v) is 4.60. The Balaban J connectivity index is 2.02. The van der Waals surface area contributed by atoms with Crippen LogP contribution in [0.2, 0.25) is 0 Å². The summed E-state index contributed by atoms with van der Waals surface area (Å²) in [7, 11) is 0. The first-order valence-electron chi connectivity index (χ1n) is 5.99. The molecule has 3 rings (SSSR count). The third-order valence-corrected chi connectivity index (χ3v) is 3.43. The summed E-state index contributed by atoms with van der Waals surface area (Å²) in [5.74, 6) is 0.0947. The molecule has 2 aromatic rings. The first kappa shape index (κ1) is 12.1. The molecule has 0 fully saturated rings. The Hall–Kier alpha value is -1.98. The molecule has 1 aliphatic rings. The van der Waals surface area contributed by atoms with E-state index in [0.29, 0.717) is 12.2 Å². The number of nitrogens with zero attached hydrogens (tertiary/aromatic N) is 1. The maximum absolute atomic E-state index is 12.7. The highest BCUT2D eigenvalue weighted by Crippen LogP contribution is 2.39. The maximum atomic E-state index is 12.7. The van der Waals surface area contributed by atoms with Gasteiger partial charge in [-0.1, -0.05) is 6.07 Å². The molecule has 0 radical (unpaired) electrons. The largest absolute Gasteiger partial charge is 0.416 e. The molecule has 0 saturated heterocycles. The predicted molar refractivity (Wildman–Crippen MR) is 65.0 cm³/mol. The summed E-state index contributed by atoms with van der Waals surface area (Å²) >= 11 is 0. The number of hydrogen-bond donors (Lipinski definition) is 2. The number of H-pyrrole nitrogens is 1. The van der Waals surface area contributed by atoms with Crippen molar-refractivity contribution >= 4 is 5.69 Å². The molecule has 1 aliphatic heterocycles. The van der Waals surface area contributed by atoms with E-state index in [1.54, 1.807) is 18.5 Å². The monoisotopic (exact) mass is 267 g/mol. The molecule has 2 N–H and O–H groups in total. The van der Waals surface area contributed by atoms with Gasteiger partial charge in [0.1, 0.15) is 0 Å². The van der Waals surface area contributed by atoms with Gasteiger partial charge < -0.3 is 5.32 Å². The van der Waals surface area contributed by atoms with E-state index < -0.39 is 11.7 Å². The van der Waals surface area contributed by atoms with E-state index in [0.717, 1.165) is 23.6 Å². The van der Waals surface area contributed by atoms with Crippen molar-refractivity contribution in [1.82, 2.24) is 10.2 Å². The third kappa shape index (κ3) is 2.18. The number of anilines is 1. The summed E-state index contributed by atoms with van der Waals surface area (Å²) in [5.41, 5.74) is 1.84. The van der Waals surface area contributed by atoms with Crippen molar-refractivity contribution in [2.45, 2.75) is 18.5 Å². The lowest BCUT2D eigenvalue weighted by Crippen LogP contribution is -2.18. The average Bonchev–Trinajstić information content (AvgIpc) is 2.90. The Morgan fingerprint density at radius 1 is 1.26 bits per heavy atom. The molecule has 3 nitrogen and oxygen atoms in total. The zero-order valence-corrected chi connectivity index (χ0v) is 9.96. The molecule has 0 saturated carbocycles. The summed E-state index contributed by atoms with van der Waals surface area (Å²) in [6.45, 7) is 0.657. The molecular weight excluding hydrogens is 255 g/mol. The first-order valence-corrected chi connectivity index (χ1v) is 5.99. The van der Waals surface area contributed by atoms with Gasteiger partial charge in [0.25, 0.3) is 0 Å². The van der Waals surface area contributed by atoms with Gasteiger partial charge in [0.05, 0.1) is 11.8 Å². The van der Waals surface area contributed by atoms with Crippen molar-refractivity contribution in [3.8, 4) is 0 Å². The fourth-order valence-corrected chi connectivity index (χ4v) is 2.49. The quantitative estimate of drug-likeness (QED) is 0.831. The van der Waals surface area contributed by atoms with Gasteiger partial charge in [0.15, 0.2) is 0 Å². The molecule has 19 heavy (non-hydrogen) atoms. The number of rotatable bonds is 1. The minimum absolute atomic E-state index is 0.0947. The summed E-state index contributed by atoms with van der Waals surface area (Å²) in [6, 6.07) is 3.88. The van der Waals surface area contributed by atoms with Crippen LogP contribution >= 0.6 is 0 Å². The van der Waals surface area contributed by atoms with Gasteiger partial charge in [-0.15, -0.1) is 0 Å². The van der Waals surface area contributed by atoms with E-state index >= 15 is 0 Å². The van der Waals surface area contributed by atoms with Gasteiger partial charge >= 0.3 is 6.18 Å². The number of alkyl halides is 3. The summed E-state index contributed by atoms with van der Waals surface area (Å²) in [6.07, 6.45) is 0.0477. The van der Waals surface area contributed by atoms with E-state index in [1.807, 2.05) is 0 Å². The minimum Gasteiger partial charge on any atom is -0.385 e. The van der Waals surface area contributed by atoms with Crippen LogP contribution in [0.25, 0.3) is 0 Å². The molecule has 6 heteroatoms. The SMILES string of the molecule is FC(F)(F)c1ccc2c(c1)NCCC2c1cn[nH]c1. The van der Waals surface area contributed by atoms with Crippen LogP contribution in [0.15, 0.2) is 30.6 Å². The Bertz CT molecular complexity index is 575. The zero-order chi connectivity index (χ0) is 13.5. The topological polar surface area (TPSA) is 40.7 Å². The van der Waals surface area contributed by atoms with Crippen molar-refractivity contribution < 1.29 is 13.2 Å². The highest BCUT2D eigenvalue weighted by atomic mass is 19.4. The van der Waals surface area contributed by atoms with E-state index in [4.69, 9.17) is 0 Å². The van der Waals surface area contributed by atoms with Gasteiger partial charge in [-0.25, -0.2) is 0 Å². The highest BCUT2D eigenvalue weighted by molar-refractivity contribution is 5.59. The number of benzene rings is 1. The van der Waals surface area contributed by atoms with Crippen LogP contribution in [0, 0.1) is 0 Å². The predicted octanol–water partition coefficient (Wildman–Crippen LogP) is 3.38. The van der Waals surface area contributed by atoms with Gasteiger partial charge in [0, 0.05) is 24.3 Å². The second-order valence-electron chi connectivity index (χ2n) is 4.60. The standard InChI is InChI=1S/C13H12F3N3/c14-13(15,16)9-1-2-11-10(8-6-18-19-7-8)3-4-17-12(11)5-9/h1-2,5-7,10,17H,3-4H2,(H,18,19). The molecule has 1 aromatic carbocycles. The highest BCUT2D eigenvalue weighted by Gasteiger charge is 2.32. The summed E-state index contributed by atoms with van der Waals surface area (Å²) in [5, 5.41) is 9.68. The molecule has 1 aromatic heterocycles. The molecule has 2 heterocycles. The van der Waals surface area contributed by atoms with Crippen molar-refractivity contribution in [2.75, 3.05) is 11.9 Å². The van der Waals surface area contributed by atoms with Crippen LogP contribution in [0.3, 0.4) is 0 Å². The molecule has 0 bridgehead atoms. The Morgan fingerprint density at radius 3 is 2.79 bits per heavy atom. The number of fused-ring (bicyclic) bond motifs is 1. The second kappa shape index (κ2) is 4.29. The van der Waals surface area contributed by atoms with E-state index in [2.05, 4.69) is 15.5 Å². The molecule has 1 atom stereocenters. The lowest BCUT2D eigenvalue weighted by Gasteiger charge is -2.26. The fraction of sp³-hybridized carbons (Fsp3) is 0.308. The van der Waals surface area contributed by atoms with Crippen LogP contribution in [-0.4, -0.2) is 16.7 Å². The molecular formula is C13H12F3N3. The third-order valence-electron chi connectivity index (χ3n) is 3.43. The van der Waals surface area contributed by atoms with E-state index in [9.17, 15) is 13.2 Å². The molecule has 100 valence electrons. The van der Waals surface area contributed by atoms with Crippen molar-refractivity contribution in [1.29, 1.82) is 0 Å². The van der Waals surface area contributed by atoms with Gasteiger partial charge in [-0.2, -0.15) is 18.3 Å². The molecule has 0 spiro atoms. The number of aromatic nitrogens is 2. The Kier molecular flexibility index (Phi) is 2.73. The van der Waals surface area contributed by atoms with Gasteiger partial charge in [-0.3, -0.25) is 5.10 Å². The number of halogens is 3. The molecule has 0 amide bonds. The average molecular weight is 267 g/mol. The lowest BCUT2D eigenvalue weighted by atomic mass is 9.86. The van der Waals surface area contributed by atoms with Gasteiger partial charge in [0.2, 0.25) is 0 Å². The smallest absolute Gasteiger partial charge is 0.385 e. The maximum Gasteiger partial charge on any atom is 0.416 e. The van der Waals surface area contributed by atoms with E-state index in [-0.39, 0.29) is 5.92 Å². The Labute approximate surface area is 107 Å². The Morgan fingerprint density at radius 2 is 2.11 bits per heavy atom. The van der Waals surface area contributed by atoms with E-state index in [1.165, 1.54) is 6.07 Å². The number of aromatic amines is 1. The minimum atomic E-state index is -4.31. The van der Waals surface area contributed by atoms with Gasteiger partial charge in [-0.05, 0) is 29.7 Å². The first-order chi connectivity index (χ1) is 9.05. The van der Waals surface area contributed by atoms with Crippen LogP contribution in [0.1, 0.15) is 29.0 Å². The summed E-state index contributed by atoms with van der Waals surface area (Å²) in [4.78, 5) is 0. The molecule has 0 aliphatic carbocycles. The molecule has 1 unspecified atom stereocenters. The number of hydrogen-bond acceptors (Lipinski definition) is 2. The van der Waals surface area contributed by atoms with Crippen LogP contribution in [0.4, 0.5) is 18.9 Å². The van der Waals surface area contributed by atoms with Crippen molar-refractivity contribution in [3.05, 3.63) is 47.3 Å². The van der Waals surface area contributed by atoms with Crippen LogP contribution < -0.4 is 5.32 Å². The summed E-state index contributed by atoms with van der Waals surface area (Å²) < 4.78 is 38.1. The van der Waals surface area contributed by atoms with Crippen LogP contribution in [0.5, 0.6) is 0 Å². The van der Waals surface area contributed by atoms with Crippen LogP contribution in [-0.2, 0) is 6.18 Å². The normalized spacial score (nSPS) is 18.8. The van der Waals surface area contributed by atoms with Crippen molar-refractivity contribution in [2.24, 2.45) is 0 Å². The zero-order valence-electron chi connectivity index (χ0n) is 9.96.